The Morgan fingerprint density at radius 1 is 1.12 bits per heavy atom. The highest BCUT2D eigenvalue weighted by atomic mass is 16.5. The molecule has 2 heterocycles. The molecule has 0 saturated carbocycles. The number of hydrogen-bond acceptors (Lipinski definition) is 5. The van der Waals surface area contributed by atoms with Gasteiger partial charge in [0.2, 0.25) is 5.95 Å². The van der Waals surface area contributed by atoms with Gasteiger partial charge >= 0.3 is 0 Å². The van der Waals surface area contributed by atoms with E-state index in [0.717, 1.165) is 30.2 Å². The highest BCUT2D eigenvalue weighted by Gasteiger charge is 2.17. The Balaban J connectivity index is 1.46. The standard InChI is InChI=1S/C18H18N4O2/c1-2-6-15(7-3-1)22-13-19-18(21-22)20-14-5-4-8-16(11-14)24-17-9-10-23-12-17/h1-8,11,13,17H,9-10,12H2,(H,20,21). The number of anilines is 2. The molecule has 1 aliphatic rings. The van der Waals surface area contributed by atoms with Crippen molar-refractivity contribution in [1.82, 2.24) is 14.8 Å². The van der Waals surface area contributed by atoms with Crippen molar-refractivity contribution < 1.29 is 9.47 Å². The molecule has 1 N–H and O–H groups in total. The van der Waals surface area contributed by atoms with Crippen LogP contribution in [0.1, 0.15) is 6.42 Å². The van der Waals surface area contributed by atoms with Crippen molar-refractivity contribution in [2.24, 2.45) is 0 Å². The molecule has 6 heteroatoms. The summed E-state index contributed by atoms with van der Waals surface area (Å²) in [4.78, 5) is 4.30. The van der Waals surface area contributed by atoms with E-state index in [2.05, 4.69) is 15.4 Å². The lowest BCUT2D eigenvalue weighted by molar-refractivity contribution is 0.141. The highest BCUT2D eigenvalue weighted by molar-refractivity contribution is 5.55. The molecule has 1 fully saturated rings. The maximum absolute atomic E-state index is 5.92. The zero-order chi connectivity index (χ0) is 16.2. The molecule has 6 nitrogen and oxygen atoms in total. The summed E-state index contributed by atoms with van der Waals surface area (Å²) in [5, 5.41) is 7.65. The summed E-state index contributed by atoms with van der Waals surface area (Å²) in [5.41, 5.74) is 1.86. The molecule has 0 radical (unpaired) electrons. The van der Waals surface area contributed by atoms with E-state index in [1.165, 1.54) is 0 Å². The van der Waals surface area contributed by atoms with E-state index in [1.54, 1.807) is 11.0 Å². The van der Waals surface area contributed by atoms with Crippen LogP contribution in [0.3, 0.4) is 0 Å². The van der Waals surface area contributed by atoms with Gasteiger partial charge in [0.25, 0.3) is 0 Å². The third kappa shape index (κ3) is 3.38. The van der Waals surface area contributed by atoms with Crippen LogP contribution in [0.4, 0.5) is 11.6 Å². The number of benzene rings is 2. The second kappa shape index (κ2) is 6.72. The zero-order valence-corrected chi connectivity index (χ0v) is 13.1. The minimum absolute atomic E-state index is 0.135. The fourth-order valence-corrected chi connectivity index (χ4v) is 2.60. The summed E-state index contributed by atoms with van der Waals surface area (Å²) < 4.78 is 13.0. The van der Waals surface area contributed by atoms with E-state index in [0.29, 0.717) is 12.6 Å². The smallest absolute Gasteiger partial charge is 0.246 e. The van der Waals surface area contributed by atoms with Crippen LogP contribution in [-0.2, 0) is 4.74 Å². The van der Waals surface area contributed by atoms with Crippen molar-refractivity contribution in [2.75, 3.05) is 18.5 Å². The average Bonchev–Trinajstić information content (AvgIpc) is 3.28. The number of aromatic nitrogens is 3. The summed E-state index contributed by atoms with van der Waals surface area (Å²) in [5.74, 6) is 1.36. The fourth-order valence-electron chi connectivity index (χ4n) is 2.60. The van der Waals surface area contributed by atoms with Gasteiger partial charge in [-0.05, 0) is 24.3 Å². The number of ether oxygens (including phenoxy) is 2. The molecule has 0 bridgehead atoms. The third-order valence-electron chi connectivity index (χ3n) is 3.79. The van der Waals surface area contributed by atoms with Gasteiger partial charge in [0.05, 0.1) is 18.9 Å². The monoisotopic (exact) mass is 322 g/mol. The van der Waals surface area contributed by atoms with Gasteiger partial charge in [-0.3, -0.25) is 0 Å². The molecule has 0 spiro atoms. The van der Waals surface area contributed by atoms with Gasteiger partial charge in [0, 0.05) is 18.2 Å². The van der Waals surface area contributed by atoms with Gasteiger partial charge in [-0.15, -0.1) is 5.10 Å². The number of para-hydroxylation sites is 1. The summed E-state index contributed by atoms with van der Waals surface area (Å²) in [7, 11) is 0. The van der Waals surface area contributed by atoms with Crippen LogP contribution in [0, 0.1) is 0 Å². The quantitative estimate of drug-likeness (QED) is 0.782. The molecule has 24 heavy (non-hydrogen) atoms. The molecule has 1 saturated heterocycles. The molecule has 1 aliphatic heterocycles. The first kappa shape index (κ1) is 14.7. The molecule has 2 aromatic carbocycles. The number of nitrogens with one attached hydrogen (secondary N) is 1. The lowest BCUT2D eigenvalue weighted by Gasteiger charge is -2.12. The van der Waals surface area contributed by atoms with Crippen molar-refractivity contribution in [3.63, 3.8) is 0 Å². The predicted molar refractivity (Wildman–Crippen MR) is 90.9 cm³/mol. The number of nitrogens with zero attached hydrogens (tertiary/aromatic N) is 3. The van der Waals surface area contributed by atoms with Crippen LogP contribution in [0.25, 0.3) is 5.69 Å². The lowest BCUT2D eigenvalue weighted by atomic mass is 10.3. The van der Waals surface area contributed by atoms with Gasteiger partial charge in [-0.25, -0.2) is 4.68 Å². The van der Waals surface area contributed by atoms with E-state index in [-0.39, 0.29) is 6.10 Å². The minimum Gasteiger partial charge on any atom is -0.488 e. The Kier molecular flexibility index (Phi) is 4.12. The Bertz CT molecular complexity index is 798. The van der Waals surface area contributed by atoms with Crippen molar-refractivity contribution >= 4 is 11.6 Å². The van der Waals surface area contributed by atoms with Crippen molar-refractivity contribution in [1.29, 1.82) is 0 Å². The first-order valence-electron chi connectivity index (χ1n) is 7.95. The number of rotatable bonds is 5. The predicted octanol–water partition coefficient (Wildman–Crippen LogP) is 3.18. The van der Waals surface area contributed by atoms with Crippen molar-refractivity contribution in [3.8, 4) is 11.4 Å². The molecule has 1 unspecified atom stereocenters. The third-order valence-corrected chi connectivity index (χ3v) is 3.79. The molecule has 0 aliphatic carbocycles. The van der Waals surface area contributed by atoms with Gasteiger partial charge in [0.15, 0.2) is 0 Å². The fraction of sp³-hybridized carbons (Fsp3) is 0.222. The van der Waals surface area contributed by atoms with Crippen LogP contribution in [0.15, 0.2) is 60.9 Å². The molecule has 0 amide bonds. The van der Waals surface area contributed by atoms with E-state index in [4.69, 9.17) is 9.47 Å². The highest BCUT2D eigenvalue weighted by Crippen LogP contribution is 2.22. The zero-order valence-electron chi connectivity index (χ0n) is 13.1. The summed E-state index contributed by atoms with van der Waals surface area (Å²) >= 11 is 0. The Hall–Kier alpha value is -2.86. The van der Waals surface area contributed by atoms with Gasteiger partial charge in [-0.1, -0.05) is 24.3 Å². The second-order valence-electron chi connectivity index (χ2n) is 5.60. The summed E-state index contributed by atoms with van der Waals surface area (Å²) in [6.45, 7) is 1.42. The molecular formula is C18H18N4O2. The molecule has 4 rings (SSSR count). The summed E-state index contributed by atoms with van der Waals surface area (Å²) in [6.07, 6.45) is 2.75. The Morgan fingerprint density at radius 3 is 2.88 bits per heavy atom. The Labute approximate surface area is 140 Å². The van der Waals surface area contributed by atoms with Gasteiger partial charge in [-0.2, -0.15) is 4.98 Å². The molecule has 122 valence electrons. The van der Waals surface area contributed by atoms with Crippen LogP contribution in [0.5, 0.6) is 5.75 Å². The molecule has 1 atom stereocenters. The topological polar surface area (TPSA) is 61.2 Å². The summed E-state index contributed by atoms with van der Waals surface area (Å²) in [6, 6.07) is 17.7. The van der Waals surface area contributed by atoms with Crippen LogP contribution < -0.4 is 10.1 Å². The Morgan fingerprint density at radius 2 is 2.04 bits per heavy atom. The maximum Gasteiger partial charge on any atom is 0.246 e. The molecule has 1 aromatic heterocycles. The second-order valence-corrected chi connectivity index (χ2v) is 5.60. The normalized spacial score (nSPS) is 16.9. The van der Waals surface area contributed by atoms with Gasteiger partial charge < -0.3 is 14.8 Å². The maximum atomic E-state index is 5.92. The van der Waals surface area contributed by atoms with Crippen LogP contribution in [-0.4, -0.2) is 34.1 Å². The SMILES string of the molecule is c1ccc(-n2cnc(Nc3cccc(OC4CCOC4)c3)n2)cc1. The van der Waals surface area contributed by atoms with Gasteiger partial charge in [0.1, 0.15) is 18.2 Å². The van der Waals surface area contributed by atoms with E-state index >= 15 is 0 Å². The van der Waals surface area contributed by atoms with E-state index < -0.39 is 0 Å². The first-order chi connectivity index (χ1) is 11.9. The molecule has 3 aromatic rings. The van der Waals surface area contributed by atoms with E-state index in [1.807, 2.05) is 54.6 Å². The minimum atomic E-state index is 0.135. The van der Waals surface area contributed by atoms with E-state index in [9.17, 15) is 0 Å². The first-order valence-corrected chi connectivity index (χ1v) is 7.95. The van der Waals surface area contributed by atoms with Crippen molar-refractivity contribution in [3.05, 3.63) is 60.9 Å². The van der Waals surface area contributed by atoms with Crippen molar-refractivity contribution in [2.45, 2.75) is 12.5 Å². The lowest BCUT2D eigenvalue weighted by Crippen LogP contribution is -2.15. The largest absolute Gasteiger partial charge is 0.488 e. The van der Waals surface area contributed by atoms with Crippen LogP contribution >= 0.6 is 0 Å². The van der Waals surface area contributed by atoms with Crippen LogP contribution in [0.2, 0.25) is 0 Å². The molecular weight excluding hydrogens is 304 g/mol. The average molecular weight is 322 g/mol. The number of hydrogen-bond donors (Lipinski definition) is 1.